The maximum absolute atomic E-state index is 13.3. The zero-order valence-corrected chi connectivity index (χ0v) is 17.5. The predicted molar refractivity (Wildman–Crippen MR) is 123 cm³/mol. The molecule has 4 rings (SSSR count). The molecule has 150 valence electrons. The van der Waals surface area contributed by atoms with E-state index in [-0.39, 0.29) is 0 Å². The molecule has 1 atom stereocenters. The summed E-state index contributed by atoms with van der Waals surface area (Å²) in [6, 6.07) is 34.1. The lowest BCUT2D eigenvalue weighted by Crippen LogP contribution is -2.31. The van der Waals surface area contributed by atoms with Crippen molar-refractivity contribution in [2.24, 2.45) is 0 Å². The van der Waals surface area contributed by atoms with Gasteiger partial charge in [-0.1, -0.05) is 96.6 Å². The van der Waals surface area contributed by atoms with Crippen LogP contribution >= 0.6 is 0 Å². The van der Waals surface area contributed by atoms with Crippen molar-refractivity contribution < 1.29 is 9.32 Å². The molecule has 4 aromatic carbocycles. The molecule has 30 heavy (non-hydrogen) atoms. The number of hydrogen-bond acceptors (Lipinski definition) is 2. The second-order valence-corrected chi connectivity index (χ2v) is 8.36. The topological polar surface area (TPSA) is 49.3 Å². The van der Waals surface area contributed by atoms with Crippen LogP contribution in [0.3, 0.4) is 0 Å². The molecule has 0 fully saturated rings. The van der Waals surface area contributed by atoms with Crippen LogP contribution in [0.1, 0.15) is 22.3 Å². The van der Waals surface area contributed by atoms with Crippen LogP contribution in [0.4, 0.5) is 5.69 Å². The summed E-state index contributed by atoms with van der Waals surface area (Å²) >= 11 is 0. The molecular weight excluding hydrogens is 390 g/mol. The number of aliphatic hydroxyl groups is 1. The second kappa shape index (κ2) is 8.66. The van der Waals surface area contributed by atoms with E-state index in [1.807, 2.05) is 116 Å². The Morgan fingerprint density at radius 3 is 1.77 bits per heavy atom. The smallest absolute Gasteiger partial charge is 0.150 e. The third-order valence-corrected chi connectivity index (χ3v) is 6.27. The number of para-hydroxylation sites is 1. The first-order valence-corrected chi connectivity index (χ1v) is 10.9. The van der Waals surface area contributed by atoms with Crippen molar-refractivity contribution in [1.29, 1.82) is 0 Å². The molecular formula is C26H23NO2S. The number of nitrogens with one attached hydrogen (secondary N) is 1. The van der Waals surface area contributed by atoms with E-state index in [2.05, 4.69) is 4.72 Å². The first-order chi connectivity index (χ1) is 14.6. The van der Waals surface area contributed by atoms with E-state index in [1.165, 1.54) is 0 Å². The average Bonchev–Trinajstić information content (AvgIpc) is 2.80. The summed E-state index contributed by atoms with van der Waals surface area (Å²) in [6.07, 6.45) is 0. The first kappa shape index (κ1) is 20.1. The molecule has 0 aromatic heterocycles. The Kier molecular flexibility index (Phi) is 5.79. The summed E-state index contributed by atoms with van der Waals surface area (Å²) in [5, 5.41) is 12.2. The Labute approximate surface area is 179 Å². The highest BCUT2D eigenvalue weighted by Gasteiger charge is 2.37. The Bertz CT molecular complexity index is 1110. The van der Waals surface area contributed by atoms with Crippen molar-refractivity contribution in [3.05, 3.63) is 131 Å². The molecule has 0 amide bonds. The van der Waals surface area contributed by atoms with E-state index >= 15 is 0 Å². The van der Waals surface area contributed by atoms with Crippen molar-refractivity contribution in [3.63, 3.8) is 0 Å². The fraction of sp³-hybridized carbons (Fsp3) is 0.0769. The zero-order valence-electron chi connectivity index (χ0n) is 16.7. The summed E-state index contributed by atoms with van der Waals surface area (Å²) in [4.78, 5) is 0.541. The lowest BCUT2D eigenvalue weighted by atomic mass is 9.80. The van der Waals surface area contributed by atoms with Gasteiger partial charge in [-0.2, -0.15) is 0 Å². The predicted octanol–water partition coefficient (Wildman–Crippen LogP) is 5.41. The van der Waals surface area contributed by atoms with Gasteiger partial charge in [-0.25, -0.2) is 4.21 Å². The number of anilines is 1. The second-order valence-electron chi connectivity index (χ2n) is 7.18. The fourth-order valence-corrected chi connectivity index (χ4v) is 4.65. The third kappa shape index (κ3) is 3.92. The Balaban J connectivity index is 1.90. The van der Waals surface area contributed by atoms with Crippen LogP contribution in [0.5, 0.6) is 0 Å². The van der Waals surface area contributed by atoms with Crippen LogP contribution < -0.4 is 4.72 Å². The number of aryl methyl sites for hydroxylation is 1. The maximum atomic E-state index is 13.3. The van der Waals surface area contributed by atoms with Crippen LogP contribution in [0.15, 0.2) is 114 Å². The van der Waals surface area contributed by atoms with Crippen LogP contribution in [0, 0.1) is 6.92 Å². The van der Waals surface area contributed by atoms with Crippen LogP contribution in [0.25, 0.3) is 0 Å². The Morgan fingerprint density at radius 2 is 1.23 bits per heavy atom. The quantitative estimate of drug-likeness (QED) is 0.415. The van der Waals surface area contributed by atoms with Crippen molar-refractivity contribution in [1.82, 2.24) is 0 Å². The highest BCUT2D eigenvalue weighted by molar-refractivity contribution is 7.86. The summed E-state index contributed by atoms with van der Waals surface area (Å²) in [6.45, 7) is 1.97. The van der Waals surface area contributed by atoms with Gasteiger partial charge >= 0.3 is 0 Å². The molecule has 0 saturated carbocycles. The SMILES string of the molecule is Cc1ccc(S(=O)Nc2ccccc2)c(C(O)(c2ccccc2)c2ccccc2)c1. The van der Waals surface area contributed by atoms with Crippen LogP contribution in [-0.2, 0) is 16.6 Å². The minimum Gasteiger partial charge on any atom is -0.376 e. The molecule has 0 heterocycles. The molecule has 3 nitrogen and oxygen atoms in total. The van der Waals surface area contributed by atoms with Gasteiger partial charge in [0.25, 0.3) is 0 Å². The monoisotopic (exact) mass is 413 g/mol. The van der Waals surface area contributed by atoms with Crippen molar-refractivity contribution in [2.75, 3.05) is 4.72 Å². The van der Waals surface area contributed by atoms with E-state index in [0.717, 1.165) is 22.4 Å². The fourth-order valence-electron chi connectivity index (χ4n) is 3.59. The average molecular weight is 414 g/mol. The number of benzene rings is 4. The molecule has 0 aliphatic heterocycles. The molecule has 0 bridgehead atoms. The summed E-state index contributed by atoms with van der Waals surface area (Å²) in [5.74, 6) is 0. The van der Waals surface area contributed by atoms with E-state index < -0.39 is 16.6 Å². The van der Waals surface area contributed by atoms with Gasteiger partial charge in [0.15, 0.2) is 11.0 Å². The van der Waals surface area contributed by atoms with E-state index in [9.17, 15) is 9.32 Å². The van der Waals surface area contributed by atoms with Crippen molar-refractivity contribution in [3.8, 4) is 0 Å². The number of hydrogen-bond donors (Lipinski definition) is 2. The van der Waals surface area contributed by atoms with Crippen LogP contribution in [-0.4, -0.2) is 9.32 Å². The van der Waals surface area contributed by atoms with Gasteiger partial charge in [-0.3, -0.25) is 0 Å². The normalized spacial score (nSPS) is 12.3. The third-order valence-electron chi connectivity index (χ3n) is 5.09. The zero-order chi connectivity index (χ0) is 21.0. The lowest BCUT2D eigenvalue weighted by Gasteiger charge is -2.32. The highest BCUT2D eigenvalue weighted by atomic mass is 32.2. The lowest BCUT2D eigenvalue weighted by molar-refractivity contribution is 0.122. The van der Waals surface area contributed by atoms with Gasteiger partial charge < -0.3 is 9.83 Å². The molecule has 0 spiro atoms. The van der Waals surface area contributed by atoms with Gasteiger partial charge in [0, 0.05) is 11.3 Å². The molecule has 0 aliphatic rings. The molecule has 1 unspecified atom stereocenters. The van der Waals surface area contributed by atoms with Crippen LogP contribution in [0.2, 0.25) is 0 Å². The Morgan fingerprint density at radius 1 is 0.733 bits per heavy atom. The minimum atomic E-state index is -1.56. The molecule has 0 radical (unpaired) electrons. The highest BCUT2D eigenvalue weighted by Crippen LogP contribution is 2.39. The minimum absolute atomic E-state index is 0.541. The van der Waals surface area contributed by atoms with E-state index in [4.69, 9.17) is 0 Å². The summed E-state index contributed by atoms with van der Waals surface area (Å²) < 4.78 is 16.4. The number of rotatable bonds is 6. The Hall–Kier alpha value is -3.21. The molecule has 0 aliphatic carbocycles. The van der Waals surface area contributed by atoms with Crippen molar-refractivity contribution >= 4 is 16.7 Å². The van der Waals surface area contributed by atoms with Crippen molar-refractivity contribution in [2.45, 2.75) is 17.4 Å². The summed E-state index contributed by atoms with van der Waals surface area (Å²) in [7, 11) is -1.56. The largest absolute Gasteiger partial charge is 0.376 e. The van der Waals surface area contributed by atoms with E-state index in [0.29, 0.717) is 10.5 Å². The van der Waals surface area contributed by atoms with Gasteiger partial charge in [0.2, 0.25) is 0 Å². The molecule has 4 heteroatoms. The maximum Gasteiger partial charge on any atom is 0.150 e. The summed E-state index contributed by atoms with van der Waals surface area (Å²) in [5.41, 5.74) is 2.33. The molecule has 4 aromatic rings. The van der Waals surface area contributed by atoms with E-state index in [1.54, 1.807) is 0 Å². The van der Waals surface area contributed by atoms with Gasteiger partial charge in [-0.05, 0) is 36.2 Å². The molecule has 0 saturated heterocycles. The van der Waals surface area contributed by atoms with Gasteiger partial charge in [-0.15, -0.1) is 0 Å². The van der Waals surface area contributed by atoms with Gasteiger partial charge in [0.1, 0.15) is 5.60 Å². The standard InChI is InChI=1S/C26H23NO2S/c1-20-17-18-25(30(29)27-23-15-9-4-10-16-23)24(19-20)26(28,21-11-5-2-6-12-21)22-13-7-3-8-14-22/h2-19,27-28H,1H3. The molecule has 2 N–H and O–H groups in total. The first-order valence-electron chi connectivity index (χ1n) is 9.77. The van der Waals surface area contributed by atoms with Gasteiger partial charge in [0.05, 0.1) is 4.90 Å².